The summed E-state index contributed by atoms with van der Waals surface area (Å²) in [6.07, 6.45) is -0.760. The fraction of sp³-hybridized carbons (Fsp3) is 0.0952. The van der Waals surface area contributed by atoms with Crippen LogP contribution in [0.3, 0.4) is 0 Å². The van der Waals surface area contributed by atoms with Gasteiger partial charge in [0.15, 0.2) is 0 Å². The second-order valence-corrected chi connectivity index (χ2v) is 6.90. The van der Waals surface area contributed by atoms with E-state index >= 15 is 0 Å². The molecule has 3 aromatic carbocycles. The molecule has 0 bridgehead atoms. The lowest BCUT2D eigenvalue weighted by Crippen LogP contribution is -2.11. The molecule has 1 unspecified atom stereocenters. The molecule has 4 aromatic rings. The number of aromatic nitrogens is 2. The van der Waals surface area contributed by atoms with E-state index in [1.54, 1.807) is 0 Å². The largest absolute Gasteiger partial charge is 0.380 e. The molecule has 124 valence electrons. The lowest BCUT2D eigenvalue weighted by atomic mass is 10.1. The Morgan fingerprint density at radius 1 is 0.880 bits per heavy atom. The number of aliphatic hydroxyl groups is 1. The molecule has 0 aliphatic carbocycles. The predicted molar refractivity (Wildman–Crippen MR) is 103 cm³/mol. The fourth-order valence-electron chi connectivity index (χ4n) is 3.03. The number of hydrogen-bond acceptors (Lipinski definition) is 2. The van der Waals surface area contributed by atoms with Crippen LogP contribution >= 0.6 is 15.9 Å². The van der Waals surface area contributed by atoms with Crippen molar-refractivity contribution >= 4 is 27.0 Å². The zero-order chi connectivity index (χ0) is 17.2. The highest BCUT2D eigenvalue weighted by atomic mass is 79.9. The van der Waals surface area contributed by atoms with E-state index in [0.717, 1.165) is 26.6 Å². The Bertz CT molecular complexity index is 994. The molecular formula is C21H17BrN2O. The molecule has 1 N–H and O–H groups in total. The zero-order valence-electron chi connectivity index (χ0n) is 13.5. The first-order chi connectivity index (χ1) is 12.2. The monoisotopic (exact) mass is 392 g/mol. The van der Waals surface area contributed by atoms with Gasteiger partial charge in [0, 0.05) is 11.0 Å². The molecule has 0 spiro atoms. The normalized spacial score (nSPS) is 12.4. The Hall–Kier alpha value is -2.43. The van der Waals surface area contributed by atoms with Crippen LogP contribution in [0.5, 0.6) is 0 Å². The van der Waals surface area contributed by atoms with Crippen molar-refractivity contribution in [2.45, 2.75) is 12.6 Å². The summed E-state index contributed by atoms with van der Waals surface area (Å²) in [6, 6.07) is 25.9. The highest BCUT2D eigenvalue weighted by Crippen LogP contribution is 2.26. The van der Waals surface area contributed by atoms with Crippen LogP contribution in [-0.2, 0) is 6.54 Å². The van der Waals surface area contributed by atoms with E-state index in [1.165, 1.54) is 0 Å². The standard InChI is InChI=1S/C21H17BrN2O/c22-17-12-10-15(11-13-17)14-24-19-9-5-4-8-18(19)23-21(24)20(25)16-6-2-1-3-7-16/h1-13,20,25H,14H2. The summed E-state index contributed by atoms with van der Waals surface area (Å²) in [5.74, 6) is 0.662. The van der Waals surface area contributed by atoms with Crippen molar-refractivity contribution in [1.82, 2.24) is 9.55 Å². The number of benzene rings is 3. The SMILES string of the molecule is OC(c1ccccc1)c1nc2ccccc2n1Cc1ccc(Br)cc1. The van der Waals surface area contributed by atoms with Gasteiger partial charge in [-0.15, -0.1) is 0 Å². The van der Waals surface area contributed by atoms with Gasteiger partial charge in [-0.3, -0.25) is 0 Å². The average Bonchev–Trinajstić information content (AvgIpc) is 3.02. The molecule has 4 rings (SSSR count). The van der Waals surface area contributed by atoms with Gasteiger partial charge in [-0.05, 0) is 35.4 Å². The third-order valence-corrected chi connectivity index (χ3v) is 4.83. The predicted octanol–water partition coefficient (Wildman–Crippen LogP) is 4.93. The number of aliphatic hydroxyl groups excluding tert-OH is 1. The molecule has 0 aliphatic heterocycles. The number of fused-ring (bicyclic) bond motifs is 1. The first-order valence-electron chi connectivity index (χ1n) is 8.15. The Balaban J connectivity index is 1.82. The number of para-hydroxylation sites is 2. The third-order valence-electron chi connectivity index (χ3n) is 4.30. The van der Waals surface area contributed by atoms with Gasteiger partial charge in [0.25, 0.3) is 0 Å². The van der Waals surface area contributed by atoms with E-state index in [2.05, 4.69) is 32.6 Å². The summed E-state index contributed by atoms with van der Waals surface area (Å²) in [6.45, 7) is 0.660. The Morgan fingerprint density at radius 3 is 2.32 bits per heavy atom. The van der Waals surface area contributed by atoms with Gasteiger partial charge in [0.1, 0.15) is 11.9 Å². The van der Waals surface area contributed by atoms with Gasteiger partial charge >= 0.3 is 0 Å². The summed E-state index contributed by atoms with van der Waals surface area (Å²) < 4.78 is 3.15. The number of nitrogens with zero attached hydrogens (tertiary/aromatic N) is 2. The second kappa shape index (κ2) is 6.82. The molecule has 1 aromatic heterocycles. The number of halogens is 1. The van der Waals surface area contributed by atoms with Crippen LogP contribution in [0.15, 0.2) is 83.3 Å². The molecule has 0 saturated carbocycles. The summed E-state index contributed by atoms with van der Waals surface area (Å²) >= 11 is 3.47. The van der Waals surface area contributed by atoms with E-state index in [-0.39, 0.29) is 0 Å². The minimum Gasteiger partial charge on any atom is -0.380 e. The zero-order valence-corrected chi connectivity index (χ0v) is 15.1. The molecule has 0 radical (unpaired) electrons. The van der Waals surface area contributed by atoms with Crippen LogP contribution in [0.1, 0.15) is 23.1 Å². The topological polar surface area (TPSA) is 38.1 Å². The highest BCUT2D eigenvalue weighted by molar-refractivity contribution is 9.10. The van der Waals surface area contributed by atoms with Crippen LogP contribution < -0.4 is 0 Å². The Kier molecular flexibility index (Phi) is 4.38. The minimum atomic E-state index is -0.760. The number of rotatable bonds is 4. The molecule has 4 heteroatoms. The summed E-state index contributed by atoms with van der Waals surface area (Å²) in [4.78, 5) is 4.71. The minimum absolute atomic E-state index is 0.660. The van der Waals surface area contributed by atoms with E-state index in [1.807, 2.05) is 66.7 Å². The first-order valence-corrected chi connectivity index (χ1v) is 8.94. The summed E-state index contributed by atoms with van der Waals surface area (Å²) in [5.41, 5.74) is 3.92. The quantitative estimate of drug-likeness (QED) is 0.534. The Labute approximate surface area is 154 Å². The van der Waals surface area contributed by atoms with Gasteiger partial charge in [-0.25, -0.2) is 4.98 Å². The molecular weight excluding hydrogens is 376 g/mol. The van der Waals surface area contributed by atoms with Crippen LogP contribution in [0.25, 0.3) is 11.0 Å². The fourth-order valence-corrected chi connectivity index (χ4v) is 3.29. The van der Waals surface area contributed by atoms with Gasteiger partial charge in [0.05, 0.1) is 11.0 Å². The van der Waals surface area contributed by atoms with Crippen molar-refractivity contribution in [3.8, 4) is 0 Å². The maximum Gasteiger partial charge on any atom is 0.143 e. The van der Waals surface area contributed by atoms with Crippen molar-refractivity contribution < 1.29 is 5.11 Å². The Morgan fingerprint density at radius 2 is 1.56 bits per heavy atom. The molecule has 0 fully saturated rings. The lowest BCUT2D eigenvalue weighted by Gasteiger charge is -2.14. The van der Waals surface area contributed by atoms with E-state index in [4.69, 9.17) is 4.98 Å². The van der Waals surface area contributed by atoms with Crippen molar-refractivity contribution in [3.05, 3.63) is 100 Å². The van der Waals surface area contributed by atoms with Gasteiger partial charge in [0.2, 0.25) is 0 Å². The number of hydrogen-bond donors (Lipinski definition) is 1. The molecule has 0 saturated heterocycles. The molecule has 1 atom stereocenters. The van der Waals surface area contributed by atoms with Gasteiger partial charge in [-0.2, -0.15) is 0 Å². The molecule has 3 nitrogen and oxygen atoms in total. The van der Waals surface area contributed by atoms with Crippen molar-refractivity contribution in [3.63, 3.8) is 0 Å². The molecule has 0 aliphatic rings. The van der Waals surface area contributed by atoms with Crippen LogP contribution in [0, 0.1) is 0 Å². The summed E-state index contributed by atoms with van der Waals surface area (Å²) in [7, 11) is 0. The van der Waals surface area contributed by atoms with Crippen LogP contribution in [-0.4, -0.2) is 14.7 Å². The lowest BCUT2D eigenvalue weighted by molar-refractivity contribution is 0.206. The second-order valence-electron chi connectivity index (χ2n) is 5.98. The van der Waals surface area contributed by atoms with Crippen molar-refractivity contribution in [1.29, 1.82) is 0 Å². The number of imidazole rings is 1. The maximum atomic E-state index is 10.9. The molecule has 1 heterocycles. The van der Waals surface area contributed by atoms with Crippen LogP contribution in [0.2, 0.25) is 0 Å². The van der Waals surface area contributed by atoms with Crippen molar-refractivity contribution in [2.75, 3.05) is 0 Å². The smallest absolute Gasteiger partial charge is 0.143 e. The maximum absolute atomic E-state index is 10.9. The van der Waals surface area contributed by atoms with Gasteiger partial charge < -0.3 is 9.67 Å². The van der Waals surface area contributed by atoms with Gasteiger partial charge in [-0.1, -0.05) is 70.5 Å². The van der Waals surface area contributed by atoms with E-state index in [0.29, 0.717) is 12.4 Å². The average molecular weight is 393 g/mol. The van der Waals surface area contributed by atoms with E-state index < -0.39 is 6.10 Å². The third kappa shape index (κ3) is 3.23. The van der Waals surface area contributed by atoms with Crippen LogP contribution in [0.4, 0.5) is 0 Å². The first kappa shape index (κ1) is 16.1. The van der Waals surface area contributed by atoms with Crippen molar-refractivity contribution in [2.24, 2.45) is 0 Å². The molecule has 0 amide bonds. The summed E-state index contributed by atoms with van der Waals surface area (Å²) in [5, 5.41) is 10.9. The molecule has 25 heavy (non-hydrogen) atoms. The van der Waals surface area contributed by atoms with E-state index in [9.17, 15) is 5.11 Å². The highest BCUT2D eigenvalue weighted by Gasteiger charge is 2.19.